The molecule has 12 heteroatoms. The summed E-state index contributed by atoms with van der Waals surface area (Å²) in [5, 5.41) is 19.4. The first-order chi connectivity index (χ1) is 25.1. The van der Waals surface area contributed by atoms with Crippen LogP contribution in [0, 0.1) is 0 Å². The maximum atomic E-state index is 13.1. The molecule has 0 bridgehead atoms. The van der Waals surface area contributed by atoms with Gasteiger partial charge in [0, 0.05) is 57.6 Å². The van der Waals surface area contributed by atoms with E-state index >= 15 is 0 Å². The lowest BCUT2D eigenvalue weighted by Gasteiger charge is -2.14. The van der Waals surface area contributed by atoms with Gasteiger partial charge in [0.25, 0.3) is 11.8 Å². The van der Waals surface area contributed by atoms with Crippen molar-refractivity contribution in [3.63, 3.8) is 0 Å². The summed E-state index contributed by atoms with van der Waals surface area (Å²) in [6.45, 7) is 1.81. The Bertz CT molecular complexity index is 2190. The van der Waals surface area contributed by atoms with Crippen LogP contribution in [0.15, 0.2) is 84.9 Å². The van der Waals surface area contributed by atoms with E-state index in [1.807, 2.05) is 72.8 Å². The minimum Gasteiger partial charge on any atom is -0.507 e. The zero-order valence-corrected chi connectivity index (χ0v) is 29.6. The molecule has 11 nitrogen and oxygen atoms in total. The predicted octanol–water partition coefficient (Wildman–Crippen LogP) is 5.60. The molecule has 6 aromatic rings. The lowest BCUT2D eigenvalue weighted by atomic mass is 9.91. The predicted molar refractivity (Wildman–Crippen MR) is 210 cm³/mol. The summed E-state index contributed by atoms with van der Waals surface area (Å²) in [4.78, 5) is 32.5. The third kappa shape index (κ3) is 8.47. The van der Waals surface area contributed by atoms with Crippen molar-refractivity contribution in [3.8, 4) is 39.1 Å². The SMILES string of the molecule is NCCC[C@@H](N)CNC(=O)c1cc2ccc(-c3ccc(O)c(-c4cc5cc(C(=O)NC[C@H](N)CCCN)[nH]c5cc4-c4ccc(Cl)cc4)c3)cc2[nH]1. The first-order valence-corrected chi connectivity index (χ1v) is 17.9. The Hall–Kier alpha value is -5.17. The van der Waals surface area contributed by atoms with E-state index in [0.29, 0.717) is 48.2 Å². The molecule has 270 valence electrons. The summed E-state index contributed by atoms with van der Waals surface area (Å²) >= 11 is 6.25. The second-order valence-electron chi connectivity index (χ2n) is 13.2. The first-order valence-electron chi connectivity index (χ1n) is 17.5. The van der Waals surface area contributed by atoms with Crippen molar-refractivity contribution in [2.75, 3.05) is 26.2 Å². The molecule has 0 aliphatic carbocycles. The van der Waals surface area contributed by atoms with Gasteiger partial charge in [-0.05, 0) is 121 Å². The fourth-order valence-electron chi connectivity index (χ4n) is 6.36. The number of nitrogens with two attached hydrogens (primary N) is 4. The molecule has 0 saturated carbocycles. The van der Waals surface area contributed by atoms with Gasteiger partial charge in [-0.3, -0.25) is 9.59 Å². The summed E-state index contributed by atoms with van der Waals surface area (Å²) in [6.07, 6.45) is 3.06. The van der Waals surface area contributed by atoms with Crippen LogP contribution in [0.5, 0.6) is 5.75 Å². The molecule has 0 spiro atoms. The van der Waals surface area contributed by atoms with E-state index in [1.165, 1.54) is 0 Å². The fraction of sp³-hybridized carbons (Fsp3) is 0.250. The number of phenolic OH excluding ortho intramolecular Hbond substituents is 1. The molecule has 2 aromatic heterocycles. The van der Waals surface area contributed by atoms with Gasteiger partial charge in [0.1, 0.15) is 17.1 Å². The van der Waals surface area contributed by atoms with Crippen molar-refractivity contribution in [2.45, 2.75) is 37.8 Å². The van der Waals surface area contributed by atoms with Crippen LogP contribution < -0.4 is 33.6 Å². The number of hydrogen-bond donors (Lipinski definition) is 9. The topological polar surface area (TPSA) is 214 Å². The third-order valence-electron chi connectivity index (χ3n) is 9.25. The highest BCUT2D eigenvalue weighted by Crippen LogP contribution is 2.42. The van der Waals surface area contributed by atoms with Crippen molar-refractivity contribution < 1.29 is 14.7 Å². The highest BCUT2D eigenvalue weighted by Gasteiger charge is 2.18. The first kappa shape index (κ1) is 36.6. The monoisotopic (exact) mass is 720 g/mol. The lowest BCUT2D eigenvalue weighted by molar-refractivity contribution is 0.0938. The van der Waals surface area contributed by atoms with Gasteiger partial charge in [0.05, 0.1) is 0 Å². The Balaban J connectivity index is 1.32. The van der Waals surface area contributed by atoms with Gasteiger partial charge < -0.3 is 48.6 Å². The molecule has 0 aliphatic heterocycles. The number of carbonyl (C=O) groups excluding carboxylic acids is 2. The van der Waals surface area contributed by atoms with Crippen LogP contribution in [0.4, 0.5) is 0 Å². The number of aromatic nitrogens is 2. The van der Waals surface area contributed by atoms with Gasteiger partial charge in [-0.25, -0.2) is 0 Å². The van der Waals surface area contributed by atoms with Crippen molar-refractivity contribution in [1.82, 2.24) is 20.6 Å². The summed E-state index contributed by atoms with van der Waals surface area (Å²) in [5.41, 5.74) is 30.7. The van der Waals surface area contributed by atoms with Crippen LogP contribution in [-0.2, 0) is 0 Å². The number of aromatic hydroxyl groups is 1. The molecule has 4 aromatic carbocycles. The van der Waals surface area contributed by atoms with Crippen LogP contribution in [0.1, 0.15) is 46.7 Å². The Labute approximate surface area is 307 Å². The minimum absolute atomic E-state index is 0.0999. The molecule has 0 saturated heterocycles. The van der Waals surface area contributed by atoms with Crippen LogP contribution in [0.25, 0.3) is 55.2 Å². The summed E-state index contributed by atoms with van der Waals surface area (Å²) in [5.74, 6) is -0.386. The summed E-state index contributed by atoms with van der Waals surface area (Å²) in [7, 11) is 0. The molecule has 6 rings (SSSR count). The van der Waals surface area contributed by atoms with E-state index in [9.17, 15) is 14.7 Å². The standard InChI is InChI=1S/C40H45ClN8O3/c41-28-10-7-23(8-11-28)31-20-35-27(19-37(49-35)40(52)47-22-30(45)4-2-14-43)16-32(31)33-15-24(9-12-38(33)50)25-5-6-26-18-36(48-34(26)17-25)39(51)46-21-29(44)3-1-13-42/h5-12,15-20,29-30,48-50H,1-4,13-14,21-22,42-45H2,(H,46,51)(H,47,52)/t29-,30-/m1/s1. The minimum atomic E-state index is -0.259. The molecule has 0 aliphatic rings. The molecule has 2 heterocycles. The molecule has 13 N–H and O–H groups in total. The molecule has 0 fully saturated rings. The third-order valence-corrected chi connectivity index (χ3v) is 9.51. The van der Waals surface area contributed by atoms with Crippen LogP contribution in [0.2, 0.25) is 5.02 Å². The van der Waals surface area contributed by atoms with Gasteiger partial charge in [0.2, 0.25) is 0 Å². The average Bonchev–Trinajstić information content (AvgIpc) is 3.78. The smallest absolute Gasteiger partial charge is 0.267 e. The Kier molecular flexibility index (Phi) is 11.6. The number of amides is 2. The number of fused-ring (bicyclic) bond motifs is 2. The zero-order chi connectivity index (χ0) is 36.8. The van der Waals surface area contributed by atoms with E-state index in [0.717, 1.165) is 75.3 Å². The molecule has 0 radical (unpaired) electrons. The number of halogens is 1. The Morgan fingerprint density at radius 3 is 1.79 bits per heavy atom. The summed E-state index contributed by atoms with van der Waals surface area (Å²) in [6, 6.07) is 26.1. The fourth-order valence-corrected chi connectivity index (χ4v) is 6.48. The zero-order valence-electron chi connectivity index (χ0n) is 28.8. The van der Waals surface area contributed by atoms with E-state index in [2.05, 4.69) is 20.6 Å². The van der Waals surface area contributed by atoms with Crippen LogP contribution in [-0.4, -0.2) is 65.2 Å². The van der Waals surface area contributed by atoms with Gasteiger partial charge in [-0.2, -0.15) is 0 Å². The van der Waals surface area contributed by atoms with Crippen molar-refractivity contribution in [2.24, 2.45) is 22.9 Å². The molecule has 2 atom stereocenters. The Morgan fingerprint density at radius 1 is 0.635 bits per heavy atom. The second kappa shape index (κ2) is 16.4. The highest BCUT2D eigenvalue weighted by molar-refractivity contribution is 6.30. The van der Waals surface area contributed by atoms with Crippen molar-refractivity contribution >= 4 is 45.2 Å². The maximum absolute atomic E-state index is 13.1. The number of aromatic amines is 2. The maximum Gasteiger partial charge on any atom is 0.267 e. The van der Waals surface area contributed by atoms with Crippen molar-refractivity contribution in [3.05, 3.63) is 101 Å². The lowest BCUT2D eigenvalue weighted by Crippen LogP contribution is -2.37. The normalized spacial score (nSPS) is 12.6. The number of carbonyl (C=O) groups is 2. The van der Waals surface area contributed by atoms with E-state index in [4.69, 9.17) is 34.5 Å². The number of rotatable bonds is 15. The van der Waals surface area contributed by atoms with Crippen molar-refractivity contribution in [1.29, 1.82) is 0 Å². The molecule has 52 heavy (non-hydrogen) atoms. The number of phenols is 1. The van der Waals surface area contributed by atoms with E-state index in [1.54, 1.807) is 12.1 Å². The van der Waals surface area contributed by atoms with Crippen LogP contribution in [0.3, 0.4) is 0 Å². The summed E-state index contributed by atoms with van der Waals surface area (Å²) < 4.78 is 0. The van der Waals surface area contributed by atoms with Gasteiger partial charge in [-0.15, -0.1) is 0 Å². The molecule has 0 unspecified atom stereocenters. The van der Waals surface area contributed by atoms with Crippen LogP contribution >= 0.6 is 11.6 Å². The van der Waals surface area contributed by atoms with E-state index < -0.39 is 0 Å². The number of hydrogen-bond acceptors (Lipinski definition) is 7. The van der Waals surface area contributed by atoms with Gasteiger partial charge in [0.15, 0.2) is 0 Å². The molecular formula is C40H45ClN8O3. The Morgan fingerprint density at radius 2 is 1.17 bits per heavy atom. The van der Waals surface area contributed by atoms with E-state index in [-0.39, 0.29) is 29.6 Å². The molecular weight excluding hydrogens is 676 g/mol. The second-order valence-corrected chi connectivity index (χ2v) is 13.6. The van der Waals surface area contributed by atoms with Gasteiger partial charge in [-0.1, -0.05) is 41.9 Å². The quantitative estimate of drug-likeness (QED) is 0.0654. The number of nitrogens with one attached hydrogen (secondary N) is 4. The largest absolute Gasteiger partial charge is 0.507 e. The highest BCUT2D eigenvalue weighted by atomic mass is 35.5. The van der Waals surface area contributed by atoms with Gasteiger partial charge >= 0.3 is 0 Å². The number of benzene rings is 4. The number of H-pyrrole nitrogens is 2. The molecule has 2 amide bonds. The average molecular weight is 721 g/mol.